The zero-order valence-electron chi connectivity index (χ0n) is 25.3. The Morgan fingerprint density at radius 3 is 2.49 bits per heavy atom. The third-order valence-corrected chi connectivity index (χ3v) is 7.98. The number of para-hydroxylation sites is 1. The van der Waals surface area contributed by atoms with Crippen molar-refractivity contribution in [2.75, 3.05) is 32.9 Å². The summed E-state index contributed by atoms with van der Waals surface area (Å²) in [7, 11) is 0. The lowest BCUT2D eigenvalue weighted by molar-refractivity contribution is -0.120. The summed E-state index contributed by atoms with van der Waals surface area (Å²) in [6.45, 7) is 2.86. The van der Waals surface area contributed by atoms with E-state index in [1.165, 1.54) is 0 Å². The SMILES string of the molecule is O=C(COc1ccc(C(=O)c2cc3cccnc3nc2-c2ccccc2)cc1)N=Nc1c(O)n(CN2CCOCC2)c2ccccc12. The summed E-state index contributed by atoms with van der Waals surface area (Å²) in [4.78, 5) is 37.6. The zero-order chi connectivity index (χ0) is 32.2. The number of aromatic nitrogens is 3. The van der Waals surface area contributed by atoms with Gasteiger partial charge in [-0.1, -0.05) is 48.5 Å². The highest BCUT2D eigenvalue weighted by Crippen LogP contribution is 2.39. The number of nitrogens with zero attached hydrogens (tertiary/aromatic N) is 6. The maximum Gasteiger partial charge on any atom is 0.302 e. The molecule has 0 radical (unpaired) electrons. The summed E-state index contributed by atoms with van der Waals surface area (Å²) in [6, 6.07) is 29.0. The van der Waals surface area contributed by atoms with E-state index in [0.29, 0.717) is 53.5 Å². The van der Waals surface area contributed by atoms with Crippen LogP contribution in [0, 0.1) is 0 Å². The molecule has 0 bridgehead atoms. The first kappa shape index (κ1) is 29.9. The number of benzene rings is 3. The van der Waals surface area contributed by atoms with E-state index in [4.69, 9.17) is 14.5 Å². The number of rotatable bonds is 9. The molecule has 1 fully saturated rings. The van der Waals surface area contributed by atoms with Crippen molar-refractivity contribution in [1.29, 1.82) is 0 Å². The van der Waals surface area contributed by atoms with E-state index in [-0.39, 0.29) is 24.0 Å². The Morgan fingerprint density at radius 1 is 0.915 bits per heavy atom. The Kier molecular flexibility index (Phi) is 8.46. The van der Waals surface area contributed by atoms with Crippen LogP contribution in [-0.2, 0) is 16.2 Å². The summed E-state index contributed by atoms with van der Waals surface area (Å²) >= 11 is 0. The number of fused-ring (bicyclic) bond motifs is 2. The molecule has 1 saturated heterocycles. The molecule has 1 N–H and O–H groups in total. The predicted molar refractivity (Wildman–Crippen MR) is 176 cm³/mol. The molecule has 0 aliphatic carbocycles. The van der Waals surface area contributed by atoms with Crippen LogP contribution in [0.2, 0.25) is 0 Å². The molecule has 1 amide bonds. The second-order valence-electron chi connectivity index (χ2n) is 11.0. The molecule has 0 unspecified atom stereocenters. The molecule has 1 aliphatic rings. The molecule has 0 atom stereocenters. The Hall–Kier alpha value is -5.78. The van der Waals surface area contributed by atoms with Gasteiger partial charge in [0.15, 0.2) is 23.7 Å². The van der Waals surface area contributed by atoms with Crippen LogP contribution in [0.3, 0.4) is 0 Å². The largest absolute Gasteiger partial charge is 0.493 e. The molecule has 47 heavy (non-hydrogen) atoms. The van der Waals surface area contributed by atoms with Crippen molar-refractivity contribution < 1.29 is 24.2 Å². The first-order valence-corrected chi connectivity index (χ1v) is 15.2. The highest BCUT2D eigenvalue weighted by atomic mass is 16.5. The number of amides is 1. The summed E-state index contributed by atoms with van der Waals surface area (Å²) in [5, 5.41) is 20.4. The fraction of sp³-hybridized carbons (Fsp3) is 0.167. The van der Waals surface area contributed by atoms with Crippen LogP contribution in [0.25, 0.3) is 33.2 Å². The molecule has 6 aromatic rings. The van der Waals surface area contributed by atoms with Crippen molar-refractivity contribution in [3.8, 4) is 22.9 Å². The van der Waals surface area contributed by atoms with Crippen molar-refractivity contribution in [3.05, 3.63) is 114 Å². The van der Waals surface area contributed by atoms with Gasteiger partial charge >= 0.3 is 5.91 Å². The van der Waals surface area contributed by atoms with Gasteiger partial charge in [0.05, 0.1) is 31.1 Å². The number of aromatic hydroxyl groups is 1. The lowest BCUT2D eigenvalue weighted by Crippen LogP contribution is -2.37. The fourth-order valence-corrected chi connectivity index (χ4v) is 5.59. The van der Waals surface area contributed by atoms with E-state index in [1.54, 1.807) is 41.1 Å². The number of morpholine rings is 1. The van der Waals surface area contributed by atoms with Gasteiger partial charge in [-0.15, -0.1) is 10.2 Å². The minimum atomic E-state index is -0.627. The van der Waals surface area contributed by atoms with E-state index in [0.717, 1.165) is 29.6 Å². The Labute approximate surface area is 269 Å². The average Bonchev–Trinajstić information content (AvgIpc) is 3.39. The van der Waals surface area contributed by atoms with Crippen LogP contribution in [-0.4, -0.2) is 69.1 Å². The van der Waals surface area contributed by atoms with Gasteiger partial charge in [-0.05, 0) is 48.5 Å². The lowest BCUT2D eigenvalue weighted by atomic mass is 9.97. The molecule has 0 spiro atoms. The van der Waals surface area contributed by atoms with Gasteiger partial charge in [0, 0.05) is 46.7 Å². The minimum absolute atomic E-state index is 0.0660. The van der Waals surface area contributed by atoms with Crippen molar-refractivity contribution >= 4 is 39.3 Å². The van der Waals surface area contributed by atoms with Gasteiger partial charge in [-0.3, -0.25) is 19.1 Å². The molecule has 7 rings (SSSR count). The first-order chi connectivity index (χ1) is 23.0. The third-order valence-electron chi connectivity index (χ3n) is 7.98. The molecular weight excluding hydrogens is 596 g/mol. The maximum absolute atomic E-state index is 13.7. The smallest absolute Gasteiger partial charge is 0.302 e. The van der Waals surface area contributed by atoms with Crippen LogP contribution in [0.1, 0.15) is 15.9 Å². The van der Waals surface area contributed by atoms with Crippen molar-refractivity contribution in [3.63, 3.8) is 0 Å². The van der Waals surface area contributed by atoms with E-state index in [2.05, 4.69) is 20.1 Å². The number of azo groups is 1. The highest BCUT2D eigenvalue weighted by molar-refractivity contribution is 6.13. The Bertz CT molecular complexity index is 2100. The maximum atomic E-state index is 13.7. The van der Waals surface area contributed by atoms with E-state index < -0.39 is 5.91 Å². The second-order valence-corrected chi connectivity index (χ2v) is 11.0. The summed E-state index contributed by atoms with van der Waals surface area (Å²) < 4.78 is 12.8. The van der Waals surface area contributed by atoms with Crippen LogP contribution in [0.4, 0.5) is 5.69 Å². The van der Waals surface area contributed by atoms with Gasteiger partial charge in [-0.25, -0.2) is 9.97 Å². The number of ketones is 1. The average molecular weight is 627 g/mol. The minimum Gasteiger partial charge on any atom is -0.493 e. The van der Waals surface area contributed by atoms with Crippen LogP contribution >= 0.6 is 0 Å². The monoisotopic (exact) mass is 626 g/mol. The van der Waals surface area contributed by atoms with Gasteiger partial charge in [-0.2, -0.15) is 0 Å². The van der Waals surface area contributed by atoms with E-state index in [9.17, 15) is 14.7 Å². The predicted octanol–water partition coefficient (Wildman–Crippen LogP) is 6.17. The topological polar surface area (TPSA) is 132 Å². The second kappa shape index (κ2) is 13.3. The van der Waals surface area contributed by atoms with Crippen LogP contribution in [0.15, 0.2) is 113 Å². The number of carbonyl (C=O) groups excluding carboxylic acids is 2. The summed E-state index contributed by atoms with van der Waals surface area (Å²) in [5.74, 6) is -0.507. The zero-order valence-corrected chi connectivity index (χ0v) is 25.3. The fourth-order valence-electron chi connectivity index (χ4n) is 5.59. The van der Waals surface area contributed by atoms with Gasteiger partial charge in [0.1, 0.15) is 5.75 Å². The number of hydrogen-bond acceptors (Lipinski definition) is 9. The van der Waals surface area contributed by atoms with Gasteiger partial charge in [0.2, 0.25) is 5.88 Å². The Morgan fingerprint density at radius 2 is 1.68 bits per heavy atom. The van der Waals surface area contributed by atoms with E-state index in [1.807, 2.05) is 66.7 Å². The molecule has 11 nitrogen and oxygen atoms in total. The normalized spacial score (nSPS) is 13.8. The van der Waals surface area contributed by atoms with Gasteiger partial charge < -0.3 is 14.6 Å². The molecule has 3 aromatic heterocycles. The molecule has 4 heterocycles. The Balaban J connectivity index is 1.05. The highest BCUT2D eigenvalue weighted by Gasteiger charge is 2.21. The standard InChI is InChI=1S/C36H30N6O5/c43-31(39-40-33-28-10-4-5-11-30(28)42(36(33)45)23-41-17-19-46-20-18-41)22-47-27-14-12-25(13-15-27)34(44)29-21-26-9-6-16-37-35(26)38-32(29)24-7-2-1-3-8-24/h1-16,21,45H,17-20,22-23H2. The van der Waals surface area contributed by atoms with Crippen molar-refractivity contribution in [2.24, 2.45) is 10.2 Å². The molecule has 11 heteroatoms. The first-order valence-electron chi connectivity index (χ1n) is 15.2. The quantitative estimate of drug-likeness (QED) is 0.149. The molecule has 234 valence electrons. The molecule has 3 aromatic carbocycles. The van der Waals surface area contributed by atoms with Gasteiger partial charge in [0.25, 0.3) is 0 Å². The van der Waals surface area contributed by atoms with Crippen LogP contribution in [0.5, 0.6) is 11.6 Å². The van der Waals surface area contributed by atoms with Crippen LogP contribution < -0.4 is 4.74 Å². The summed E-state index contributed by atoms with van der Waals surface area (Å²) in [5.41, 5.74) is 3.82. The number of ether oxygens (including phenoxy) is 2. The lowest BCUT2D eigenvalue weighted by Gasteiger charge is -2.27. The third kappa shape index (κ3) is 6.35. The van der Waals surface area contributed by atoms with E-state index >= 15 is 0 Å². The number of pyridine rings is 2. The summed E-state index contributed by atoms with van der Waals surface area (Å²) in [6.07, 6.45) is 1.67. The number of hydrogen-bond donors (Lipinski definition) is 1. The number of carbonyl (C=O) groups is 2. The van der Waals surface area contributed by atoms with Crippen molar-refractivity contribution in [1.82, 2.24) is 19.4 Å². The molecule has 1 aliphatic heterocycles. The molecular formula is C36H30N6O5. The molecule has 0 saturated carbocycles. The van der Waals surface area contributed by atoms with Crippen molar-refractivity contribution in [2.45, 2.75) is 6.67 Å².